The summed E-state index contributed by atoms with van der Waals surface area (Å²) in [5, 5.41) is 19.9. The Hall–Kier alpha value is -2.63. The van der Waals surface area contributed by atoms with E-state index in [0.29, 0.717) is 10.7 Å². The summed E-state index contributed by atoms with van der Waals surface area (Å²) in [5.74, 6) is 0. The van der Waals surface area contributed by atoms with E-state index in [1.807, 2.05) is 60.4 Å². The Morgan fingerprint density at radius 1 is 1.12 bits per heavy atom. The molecule has 0 saturated carbocycles. The van der Waals surface area contributed by atoms with Crippen molar-refractivity contribution in [3.63, 3.8) is 0 Å². The van der Waals surface area contributed by atoms with Crippen LogP contribution in [0.25, 0.3) is 27.8 Å². The quantitative estimate of drug-likeness (QED) is 0.621. The Labute approximate surface area is 143 Å². The van der Waals surface area contributed by atoms with Crippen LogP contribution in [0.15, 0.2) is 54.7 Å². The molecule has 4 aromatic rings. The number of rotatable bonds is 3. The average Bonchev–Trinajstić information content (AvgIpc) is 3.19. The first-order chi connectivity index (χ1) is 11.7. The molecule has 0 unspecified atom stereocenters. The Balaban J connectivity index is 1.95. The number of aryl methyl sites for hydroxylation is 1. The van der Waals surface area contributed by atoms with Gasteiger partial charge in [-0.3, -0.25) is 4.68 Å². The molecule has 6 heteroatoms. The van der Waals surface area contributed by atoms with E-state index in [1.165, 1.54) is 0 Å². The maximum absolute atomic E-state index is 9.50. The summed E-state index contributed by atoms with van der Waals surface area (Å²) < 4.78 is 3.60. The second-order valence-corrected chi connectivity index (χ2v) is 5.99. The third-order valence-electron chi connectivity index (χ3n) is 4.05. The molecule has 0 radical (unpaired) electrons. The van der Waals surface area contributed by atoms with Crippen LogP contribution in [0.2, 0.25) is 5.02 Å². The molecule has 0 spiro atoms. The fourth-order valence-corrected chi connectivity index (χ4v) is 3.04. The van der Waals surface area contributed by atoms with Crippen molar-refractivity contribution in [3.8, 4) is 16.9 Å². The minimum atomic E-state index is -0.127. The van der Waals surface area contributed by atoms with Crippen LogP contribution in [-0.4, -0.2) is 24.7 Å². The molecule has 0 amide bonds. The van der Waals surface area contributed by atoms with E-state index in [0.717, 1.165) is 27.8 Å². The minimum Gasteiger partial charge on any atom is -0.390 e. The molecular formula is C18H15ClN4O. The molecule has 24 heavy (non-hydrogen) atoms. The summed E-state index contributed by atoms with van der Waals surface area (Å²) in [6.45, 7) is -0.127. The van der Waals surface area contributed by atoms with Crippen molar-refractivity contribution in [1.82, 2.24) is 19.6 Å². The van der Waals surface area contributed by atoms with Gasteiger partial charge in [-0.15, -0.1) is 0 Å². The van der Waals surface area contributed by atoms with Crippen LogP contribution in [0.5, 0.6) is 0 Å². The lowest BCUT2D eigenvalue weighted by Crippen LogP contribution is -2.00. The topological polar surface area (TPSA) is 55.9 Å². The van der Waals surface area contributed by atoms with Crippen LogP contribution in [0.1, 0.15) is 5.69 Å². The molecule has 5 nitrogen and oxygen atoms in total. The third kappa shape index (κ3) is 2.38. The molecule has 4 rings (SSSR count). The molecule has 0 fully saturated rings. The highest BCUT2D eigenvalue weighted by Crippen LogP contribution is 2.29. The first kappa shape index (κ1) is 14.9. The van der Waals surface area contributed by atoms with Gasteiger partial charge in [0, 0.05) is 18.0 Å². The molecule has 2 aromatic heterocycles. The van der Waals surface area contributed by atoms with Crippen molar-refractivity contribution >= 4 is 22.5 Å². The SMILES string of the molecule is Cn1ncc2ccc(-c3cc(CO)nn3-c3ccccc3Cl)cc21. The summed E-state index contributed by atoms with van der Waals surface area (Å²) in [5.41, 5.74) is 4.26. The average molecular weight is 339 g/mol. The van der Waals surface area contributed by atoms with Crippen molar-refractivity contribution in [2.24, 2.45) is 7.05 Å². The van der Waals surface area contributed by atoms with Gasteiger partial charge in [-0.25, -0.2) is 4.68 Å². The van der Waals surface area contributed by atoms with E-state index in [9.17, 15) is 5.11 Å². The molecule has 0 aliphatic rings. The van der Waals surface area contributed by atoms with Crippen molar-refractivity contribution in [2.75, 3.05) is 0 Å². The number of aliphatic hydroxyl groups is 1. The summed E-state index contributed by atoms with van der Waals surface area (Å²) in [6, 6.07) is 15.5. The number of aliphatic hydroxyl groups excluding tert-OH is 1. The summed E-state index contributed by atoms with van der Waals surface area (Å²) >= 11 is 6.34. The van der Waals surface area contributed by atoms with Crippen molar-refractivity contribution < 1.29 is 5.11 Å². The fourth-order valence-electron chi connectivity index (χ4n) is 2.82. The minimum absolute atomic E-state index is 0.127. The summed E-state index contributed by atoms with van der Waals surface area (Å²) in [7, 11) is 1.91. The Bertz CT molecular complexity index is 1030. The van der Waals surface area contributed by atoms with Gasteiger partial charge >= 0.3 is 0 Å². The predicted molar refractivity (Wildman–Crippen MR) is 94.2 cm³/mol. The van der Waals surface area contributed by atoms with Gasteiger partial charge in [0.1, 0.15) is 0 Å². The van der Waals surface area contributed by atoms with Gasteiger partial charge in [0.15, 0.2) is 0 Å². The Morgan fingerprint density at radius 3 is 2.75 bits per heavy atom. The van der Waals surface area contributed by atoms with Gasteiger partial charge in [-0.05, 0) is 24.3 Å². The standard InChI is InChI=1S/C18H15ClN4O/c1-22-17-8-12(6-7-13(17)10-20-22)18-9-14(11-24)21-23(18)16-5-3-2-4-15(16)19/h2-10,24H,11H2,1H3. The van der Waals surface area contributed by atoms with Gasteiger partial charge in [0.25, 0.3) is 0 Å². The number of nitrogens with zero attached hydrogens (tertiary/aromatic N) is 4. The highest BCUT2D eigenvalue weighted by Gasteiger charge is 2.14. The second-order valence-electron chi connectivity index (χ2n) is 5.58. The molecule has 0 bridgehead atoms. The molecule has 2 aromatic carbocycles. The maximum atomic E-state index is 9.50. The number of aromatic nitrogens is 4. The number of hydrogen-bond acceptors (Lipinski definition) is 3. The Kier molecular flexibility index (Phi) is 3.59. The lowest BCUT2D eigenvalue weighted by molar-refractivity contribution is 0.276. The predicted octanol–water partition coefficient (Wildman–Crippen LogP) is 3.57. The van der Waals surface area contributed by atoms with Gasteiger partial charge in [0.05, 0.1) is 40.4 Å². The highest BCUT2D eigenvalue weighted by molar-refractivity contribution is 6.32. The maximum Gasteiger partial charge on any atom is 0.0889 e. The first-order valence-electron chi connectivity index (χ1n) is 7.54. The lowest BCUT2D eigenvalue weighted by atomic mass is 10.1. The molecule has 0 atom stereocenters. The third-order valence-corrected chi connectivity index (χ3v) is 4.37. The molecular weight excluding hydrogens is 324 g/mol. The number of halogens is 1. The zero-order valence-corrected chi connectivity index (χ0v) is 13.8. The van der Waals surface area contributed by atoms with Crippen LogP contribution >= 0.6 is 11.6 Å². The van der Waals surface area contributed by atoms with Crippen LogP contribution in [0.4, 0.5) is 0 Å². The van der Waals surface area contributed by atoms with Crippen molar-refractivity contribution in [3.05, 3.63) is 65.4 Å². The van der Waals surface area contributed by atoms with Crippen LogP contribution in [0, 0.1) is 0 Å². The number of benzene rings is 2. The highest BCUT2D eigenvalue weighted by atomic mass is 35.5. The molecule has 120 valence electrons. The molecule has 0 aliphatic carbocycles. The number of para-hydroxylation sites is 1. The molecule has 1 N–H and O–H groups in total. The van der Waals surface area contributed by atoms with Crippen molar-refractivity contribution in [2.45, 2.75) is 6.61 Å². The zero-order chi connectivity index (χ0) is 16.7. The Morgan fingerprint density at radius 2 is 1.96 bits per heavy atom. The molecule has 0 saturated heterocycles. The monoisotopic (exact) mass is 338 g/mol. The van der Waals surface area contributed by atoms with Gasteiger partial charge in [-0.2, -0.15) is 10.2 Å². The zero-order valence-electron chi connectivity index (χ0n) is 13.0. The van der Waals surface area contributed by atoms with E-state index in [1.54, 1.807) is 4.68 Å². The first-order valence-corrected chi connectivity index (χ1v) is 7.92. The molecule has 0 aliphatic heterocycles. The summed E-state index contributed by atoms with van der Waals surface area (Å²) in [4.78, 5) is 0. The van der Waals surface area contributed by atoms with E-state index in [2.05, 4.69) is 16.3 Å². The van der Waals surface area contributed by atoms with Gasteiger partial charge in [-0.1, -0.05) is 35.9 Å². The molecule has 2 heterocycles. The lowest BCUT2D eigenvalue weighted by Gasteiger charge is -2.09. The van der Waals surface area contributed by atoms with Gasteiger partial charge < -0.3 is 5.11 Å². The van der Waals surface area contributed by atoms with Crippen LogP contribution in [-0.2, 0) is 13.7 Å². The normalized spacial score (nSPS) is 11.3. The van der Waals surface area contributed by atoms with Crippen LogP contribution in [0.3, 0.4) is 0 Å². The van der Waals surface area contributed by atoms with Crippen molar-refractivity contribution in [1.29, 1.82) is 0 Å². The summed E-state index contributed by atoms with van der Waals surface area (Å²) in [6.07, 6.45) is 1.84. The van der Waals surface area contributed by atoms with E-state index in [4.69, 9.17) is 11.6 Å². The largest absolute Gasteiger partial charge is 0.390 e. The van der Waals surface area contributed by atoms with E-state index >= 15 is 0 Å². The number of fused-ring (bicyclic) bond motifs is 1. The van der Waals surface area contributed by atoms with Crippen LogP contribution < -0.4 is 0 Å². The second kappa shape index (κ2) is 5.78. The fraction of sp³-hybridized carbons (Fsp3) is 0.111. The van der Waals surface area contributed by atoms with E-state index in [-0.39, 0.29) is 6.61 Å². The van der Waals surface area contributed by atoms with Gasteiger partial charge in [0.2, 0.25) is 0 Å². The smallest absolute Gasteiger partial charge is 0.0889 e. The van der Waals surface area contributed by atoms with E-state index < -0.39 is 0 Å². The number of hydrogen-bond donors (Lipinski definition) is 1.